The fourth-order valence-electron chi connectivity index (χ4n) is 5.06. The minimum atomic E-state index is 0.317. The Labute approximate surface area is 227 Å². The minimum absolute atomic E-state index is 0.317. The lowest BCUT2D eigenvalue weighted by Gasteiger charge is -2.26. The number of aromatic amines is 1. The SMILES string of the molecule is Cc1cccc(OCC(C)C)c1-n1nc2c(c1-c1ccc3[nH]ccc3c1)CN(c1nc(C(C)C)ns1)CC2. The van der Waals surface area contributed by atoms with E-state index in [1.807, 2.05) is 6.20 Å². The second-order valence-corrected chi connectivity index (χ2v) is 11.6. The van der Waals surface area contributed by atoms with E-state index in [1.54, 1.807) is 0 Å². The summed E-state index contributed by atoms with van der Waals surface area (Å²) in [4.78, 5) is 10.5. The highest BCUT2D eigenvalue weighted by molar-refractivity contribution is 7.09. The highest BCUT2D eigenvalue weighted by atomic mass is 32.1. The summed E-state index contributed by atoms with van der Waals surface area (Å²) in [5.74, 6) is 2.53. The number of hydrogen-bond acceptors (Lipinski definition) is 6. The second kappa shape index (κ2) is 9.91. The van der Waals surface area contributed by atoms with Gasteiger partial charge in [-0.05, 0) is 42.7 Å². The maximum Gasteiger partial charge on any atom is 0.205 e. The van der Waals surface area contributed by atoms with E-state index in [9.17, 15) is 0 Å². The molecule has 8 heteroatoms. The summed E-state index contributed by atoms with van der Waals surface area (Å²) in [7, 11) is 0. The van der Waals surface area contributed by atoms with E-state index >= 15 is 0 Å². The average Bonchev–Trinajstić information content (AvgIpc) is 3.64. The molecule has 0 saturated heterocycles. The Morgan fingerprint density at radius 3 is 2.76 bits per heavy atom. The van der Waals surface area contributed by atoms with Crippen LogP contribution in [0.5, 0.6) is 5.75 Å². The Hall–Kier alpha value is -3.65. The van der Waals surface area contributed by atoms with Crippen LogP contribution in [-0.2, 0) is 13.0 Å². The number of para-hydroxylation sites is 1. The molecule has 0 bridgehead atoms. The van der Waals surface area contributed by atoms with Crippen LogP contribution in [-0.4, -0.2) is 37.3 Å². The van der Waals surface area contributed by atoms with Gasteiger partial charge in [0.1, 0.15) is 17.3 Å². The van der Waals surface area contributed by atoms with Crippen molar-refractivity contribution >= 4 is 27.6 Å². The van der Waals surface area contributed by atoms with Crippen LogP contribution in [0.2, 0.25) is 0 Å². The zero-order chi connectivity index (χ0) is 26.4. The van der Waals surface area contributed by atoms with Crippen LogP contribution in [0, 0.1) is 12.8 Å². The summed E-state index contributed by atoms with van der Waals surface area (Å²) in [6.07, 6.45) is 2.84. The predicted octanol–water partition coefficient (Wildman–Crippen LogP) is 6.90. The molecular weight excluding hydrogens is 492 g/mol. The number of aromatic nitrogens is 5. The van der Waals surface area contributed by atoms with Gasteiger partial charge in [-0.2, -0.15) is 9.47 Å². The second-order valence-electron chi connectivity index (χ2n) is 10.9. The van der Waals surface area contributed by atoms with Crippen LogP contribution in [0.15, 0.2) is 48.7 Å². The van der Waals surface area contributed by atoms with Crippen molar-refractivity contribution in [1.82, 2.24) is 24.1 Å². The molecule has 0 spiro atoms. The van der Waals surface area contributed by atoms with E-state index in [-0.39, 0.29) is 0 Å². The number of nitrogens with one attached hydrogen (secondary N) is 1. The van der Waals surface area contributed by atoms with E-state index in [0.29, 0.717) is 18.4 Å². The summed E-state index contributed by atoms with van der Waals surface area (Å²) in [5, 5.41) is 7.41. The lowest BCUT2D eigenvalue weighted by atomic mass is 10.00. The van der Waals surface area contributed by atoms with Crippen molar-refractivity contribution in [3.8, 4) is 22.7 Å². The molecule has 4 heterocycles. The molecule has 0 radical (unpaired) electrons. The molecule has 0 atom stereocenters. The Morgan fingerprint density at radius 1 is 1.11 bits per heavy atom. The van der Waals surface area contributed by atoms with Crippen molar-refractivity contribution in [2.45, 2.75) is 53.5 Å². The van der Waals surface area contributed by atoms with Gasteiger partial charge in [-0.1, -0.05) is 45.9 Å². The zero-order valence-corrected chi connectivity index (χ0v) is 23.5. The van der Waals surface area contributed by atoms with Gasteiger partial charge in [0.2, 0.25) is 5.13 Å². The summed E-state index contributed by atoms with van der Waals surface area (Å²) in [5.41, 5.74) is 7.91. The van der Waals surface area contributed by atoms with Crippen molar-refractivity contribution in [2.24, 2.45) is 5.92 Å². The molecule has 38 heavy (non-hydrogen) atoms. The number of aryl methyl sites for hydroxylation is 1. The molecule has 0 saturated carbocycles. The van der Waals surface area contributed by atoms with Gasteiger partial charge in [0, 0.05) is 65.2 Å². The van der Waals surface area contributed by atoms with E-state index in [1.165, 1.54) is 22.5 Å². The Kier molecular flexibility index (Phi) is 6.43. The standard InChI is InChI=1S/C30H34N6OS/c1-18(2)17-37-26-8-6-7-20(5)27(26)36-28(22-9-10-24-21(15-22)11-13-31-24)23-16-35(14-12-25(23)33-36)30-32-29(19(3)4)34-38-30/h6-11,13,15,18-19,31H,12,14,16-17H2,1-5H3. The van der Waals surface area contributed by atoms with Crippen molar-refractivity contribution in [3.05, 3.63) is 71.3 Å². The number of fused-ring (bicyclic) bond motifs is 2. The molecule has 1 aliphatic heterocycles. The number of H-pyrrole nitrogens is 1. The van der Waals surface area contributed by atoms with Gasteiger partial charge in [-0.3, -0.25) is 0 Å². The molecule has 2 aromatic carbocycles. The van der Waals surface area contributed by atoms with Gasteiger partial charge < -0.3 is 14.6 Å². The van der Waals surface area contributed by atoms with Gasteiger partial charge in [0.05, 0.1) is 18.0 Å². The Balaban J connectivity index is 1.51. The highest BCUT2D eigenvalue weighted by Crippen LogP contribution is 2.39. The number of anilines is 1. The quantitative estimate of drug-likeness (QED) is 0.250. The first-order chi connectivity index (χ1) is 18.4. The first-order valence-electron chi connectivity index (χ1n) is 13.4. The predicted molar refractivity (Wildman–Crippen MR) is 155 cm³/mol. The molecule has 6 rings (SSSR count). The number of ether oxygens (including phenoxy) is 1. The number of hydrogen-bond donors (Lipinski definition) is 1. The molecule has 196 valence electrons. The van der Waals surface area contributed by atoms with Gasteiger partial charge in [-0.15, -0.1) is 0 Å². The van der Waals surface area contributed by atoms with Crippen molar-refractivity contribution in [1.29, 1.82) is 0 Å². The number of nitrogens with zero attached hydrogens (tertiary/aromatic N) is 5. The average molecular weight is 527 g/mol. The third-order valence-electron chi connectivity index (χ3n) is 7.06. The number of benzene rings is 2. The smallest absolute Gasteiger partial charge is 0.205 e. The molecule has 3 aromatic heterocycles. The van der Waals surface area contributed by atoms with Gasteiger partial charge in [-0.25, -0.2) is 9.67 Å². The number of rotatable bonds is 7. The van der Waals surface area contributed by atoms with Crippen molar-refractivity contribution < 1.29 is 4.74 Å². The topological polar surface area (TPSA) is 71.9 Å². The molecule has 5 aromatic rings. The maximum absolute atomic E-state index is 6.34. The summed E-state index contributed by atoms with van der Waals surface area (Å²) in [6.45, 7) is 13.0. The van der Waals surface area contributed by atoms with Gasteiger partial charge in [0.25, 0.3) is 0 Å². The van der Waals surface area contributed by atoms with E-state index in [0.717, 1.165) is 69.9 Å². The first-order valence-corrected chi connectivity index (χ1v) is 14.2. The summed E-state index contributed by atoms with van der Waals surface area (Å²) in [6, 6.07) is 15.0. The van der Waals surface area contributed by atoms with Crippen LogP contribution in [0.4, 0.5) is 5.13 Å². The summed E-state index contributed by atoms with van der Waals surface area (Å²) < 4.78 is 13.1. The van der Waals surface area contributed by atoms with E-state index in [2.05, 4.69) is 96.0 Å². The minimum Gasteiger partial charge on any atom is -0.491 e. The van der Waals surface area contributed by atoms with E-state index in [4.69, 9.17) is 14.8 Å². The first kappa shape index (κ1) is 24.7. The maximum atomic E-state index is 6.34. The summed E-state index contributed by atoms with van der Waals surface area (Å²) >= 11 is 1.49. The largest absolute Gasteiger partial charge is 0.491 e. The normalized spacial score (nSPS) is 13.6. The van der Waals surface area contributed by atoms with E-state index < -0.39 is 0 Å². The lowest BCUT2D eigenvalue weighted by molar-refractivity contribution is 0.270. The van der Waals surface area contributed by atoms with Gasteiger partial charge >= 0.3 is 0 Å². The lowest BCUT2D eigenvalue weighted by Crippen LogP contribution is -2.30. The third kappa shape index (κ3) is 4.47. The molecule has 1 aliphatic rings. The molecule has 0 aliphatic carbocycles. The molecule has 7 nitrogen and oxygen atoms in total. The third-order valence-corrected chi connectivity index (χ3v) is 7.85. The molecular formula is C30H34N6OS. The van der Waals surface area contributed by atoms with Crippen molar-refractivity contribution in [3.63, 3.8) is 0 Å². The fourth-order valence-corrected chi connectivity index (χ4v) is 5.89. The Morgan fingerprint density at radius 2 is 1.97 bits per heavy atom. The molecule has 1 N–H and O–H groups in total. The van der Waals surface area contributed by atoms with Crippen LogP contribution < -0.4 is 9.64 Å². The molecule has 0 unspecified atom stereocenters. The fraction of sp³-hybridized carbons (Fsp3) is 0.367. The van der Waals surface area contributed by atoms with Gasteiger partial charge in [0.15, 0.2) is 0 Å². The zero-order valence-electron chi connectivity index (χ0n) is 22.7. The van der Waals surface area contributed by atoms with Crippen LogP contribution in [0.25, 0.3) is 27.8 Å². The van der Waals surface area contributed by atoms with Crippen LogP contribution in [0.3, 0.4) is 0 Å². The molecule has 0 fully saturated rings. The van der Waals surface area contributed by atoms with Crippen LogP contribution in [0.1, 0.15) is 56.3 Å². The molecule has 0 amide bonds. The van der Waals surface area contributed by atoms with Crippen LogP contribution >= 0.6 is 11.5 Å². The monoisotopic (exact) mass is 526 g/mol. The Bertz CT molecular complexity index is 1590. The van der Waals surface area contributed by atoms with Crippen molar-refractivity contribution in [2.75, 3.05) is 18.1 Å². The highest BCUT2D eigenvalue weighted by Gasteiger charge is 2.29.